The number of hydrogen-bond acceptors (Lipinski definition) is 7. The van der Waals surface area contributed by atoms with Crippen molar-refractivity contribution in [3.05, 3.63) is 59.9 Å². The van der Waals surface area contributed by atoms with Crippen LogP contribution in [0.4, 0.5) is 23.1 Å². The van der Waals surface area contributed by atoms with E-state index < -0.39 is 9.84 Å². The van der Waals surface area contributed by atoms with Gasteiger partial charge < -0.3 is 10.6 Å². The maximum absolute atomic E-state index is 11.6. The number of aryl methyl sites for hydroxylation is 2. The molecule has 0 aliphatic rings. The molecule has 0 saturated carbocycles. The first-order valence-corrected chi connectivity index (χ1v) is 10.8. The molecule has 4 aromatic rings. The van der Waals surface area contributed by atoms with Gasteiger partial charge in [0.05, 0.1) is 16.1 Å². The van der Waals surface area contributed by atoms with Gasteiger partial charge in [0, 0.05) is 34.8 Å². The zero-order chi connectivity index (χ0) is 20.6. The van der Waals surface area contributed by atoms with Gasteiger partial charge in [0.15, 0.2) is 9.84 Å². The molecule has 0 radical (unpaired) electrons. The molecule has 2 aromatic carbocycles. The van der Waals surface area contributed by atoms with E-state index in [0.29, 0.717) is 17.5 Å². The van der Waals surface area contributed by atoms with E-state index in [1.54, 1.807) is 30.5 Å². The Kier molecular flexibility index (Phi) is 4.67. The molecule has 0 spiro atoms. The third kappa shape index (κ3) is 4.04. The number of H-pyrrole nitrogens is 1. The lowest BCUT2D eigenvalue weighted by Crippen LogP contribution is -2.03. The zero-order valence-corrected chi connectivity index (χ0v) is 17.0. The molecule has 29 heavy (non-hydrogen) atoms. The van der Waals surface area contributed by atoms with Crippen molar-refractivity contribution in [1.82, 2.24) is 20.2 Å². The van der Waals surface area contributed by atoms with Crippen LogP contribution < -0.4 is 10.6 Å². The smallest absolute Gasteiger partial charge is 0.229 e. The number of fused-ring (bicyclic) bond motifs is 1. The number of anilines is 4. The van der Waals surface area contributed by atoms with Gasteiger partial charge in [-0.05, 0) is 56.3 Å². The summed E-state index contributed by atoms with van der Waals surface area (Å²) in [5.41, 5.74) is 4.37. The molecule has 0 aliphatic heterocycles. The van der Waals surface area contributed by atoms with E-state index in [1.807, 2.05) is 32.0 Å². The third-order valence-corrected chi connectivity index (χ3v) is 5.65. The Labute approximate surface area is 168 Å². The number of aromatic nitrogens is 4. The number of hydrogen-bond donors (Lipinski definition) is 3. The third-order valence-electron chi connectivity index (χ3n) is 4.53. The molecule has 2 heterocycles. The van der Waals surface area contributed by atoms with E-state index in [4.69, 9.17) is 0 Å². The van der Waals surface area contributed by atoms with Crippen LogP contribution in [0.25, 0.3) is 10.9 Å². The van der Waals surface area contributed by atoms with Gasteiger partial charge >= 0.3 is 0 Å². The molecule has 148 valence electrons. The Hall–Kier alpha value is -3.46. The second-order valence-electron chi connectivity index (χ2n) is 6.84. The topological polar surface area (TPSA) is 113 Å². The summed E-state index contributed by atoms with van der Waals surface area (Å²) in [5, 5.41) is 14.7. The van der Waals surface area contributed by atoms with Gasteiger partial charge in [0.1, 0.15) is 5.82 Å². The van der Waals surface area contributed by atoms with Crippen LogP contribution in [0.3, 0.4) is 0 Å². The first kappa shape index (κ1) is 18.9. The van der Waals surface area contributed by atoms with Crippen molar-refractivity contribution in [3.8, 4) is 0 Å². The van der Waals surface area contributed by atoms with E-state index >= 15 is 0 Å². The van der Waals surface area contributed by atoms with E-state index in [2.05, 4.69) is 30.8 Å². The van der Waals surface area contributed by atoms with Crippen LogP contribution in [-0.2, 0) is 9.84 Å². The van der Waals surface area contributed by atoms with Crippen molar-refractivity contribution in [3.63, 3.8) is 0 Å². The van der Waals surface area contributed by atoms with Gasteiger partial charge in [-0.15, -0.1) is 0 Å². The molecule has 8 nitrogen and oxygen atoms in total. The van der Waals surface area contributed by atoms with Crippen LogP contribution in [0.1, 0.15) is 11.3 Å². The number of benzene rings is 2. The molecule has 2 aromatic heterocycles. The molecule has 0 fully saturated rings. The number of nitrogens with one attached hydrogen (secondary N) is 3. The fourth-order valence-corrected chi connectivity index (χ4v) is 3.54. The quantitative estimate of drug-likeness (QED) is 0.459. The summed E-state index contributed by atoms with van der Waals surface area (Å²) in [7, 11) is -3.23. The summed E-state index contributed by atoms with van der Waals surface area (Å²) in [6.07, 6.45) is 2.90. The van der Waals surface area contributed by atoms with Crippen molar-refractivity contribution in [1.29, 1.82) is 0 Å². The SMILES string of the molecule is Cc1cnc(Nc2ccc(S(C)(=O)=O)cc2)nc1Nc1ccc2c(C)n[nH]c2c1. The molecule has 0 atom stereocenters. The number of sulfone groups is 1. The van der Waals surface area contributed by atoms with Crippen LogP contribution in [0.5, 0.6) is 0 Å². The highest BCUT2D eigenvalue weighted by Crippen LogP contribution is 2.25. The average Bonchev–Trinajstić information content (AvgIpc) is 3.04. The molecule has 0 amide bonds. The Morgan fingerprint density at radius 2 is 1.69 bits per heavy atom. The lowest BCUT2D eigenvalue weighted by molar-refractivity contribution is 0.602. The van der Waals surface area contributed by atoms with Gasteiger partial charge in [-0.1, -0.05) is 0 Å². The Morgan fingerprint density at radius 1 is 0.966 bits per heavy atom. The van der Waals surface area contributed by atoms with Crippen LogP contribution in [-0.4, -0.2) is 34.8 Å². The highest BCUT2D eigenvalue weighted by atomic mass is 32.2. The predicted octanol–water partition coefficient (Wildman–Crippen LogP) is 3.86. The molecular weight excluding hydrogens is 388 g/mol. The second-order valence-corrected chi connectivity index (χ2v) is 8.86. The first-order valence-electron chi connectivity index (χ1n) is 8.92. The van der Waals surface area contributed by atoms with E-state index in [-0.39, 0.29) is 4.90 Å². The summed E-state index contributed by atoms with van der Waals surface area (Å²) >= 11 is 0. The van der Waals surface area contributed by atoms with Crippen molar-refractivity contribution in [2.24, 2.45) is 0 Å². The average molecular weight is 408 g/mol. The largest absolute Gasteiger partial charge is 0.340 e. The Bertz CT molecular complexity index is 1300. The molecular formula is C20H20N6O2S. The number of aromatic amines is 1. The standard InChI is InChI=1S/C20H20N6O2S/c1-12-11-21-20(23-14-4-7-16(8-5-14)29(3,27)28)24-19(12)22-15-6-9-17-13(2)25-26-18(17)10-15/h4-11H,1-3H3,(H,25,26)(H2,21,22,23,24). The molecule has 9 heteroatoms. The molecule has 3 N–H and O–H groups in total. The highest BCUT2D eigenvalue weighted by molar-refractivity contribution is 7.90. The lowest BCUT2D eigenvalue weighted by atomic mass is 10.2. The molecule has 0 aliphatic carbocycles. The summed E-state index contributed by atoms with van der Waals surface area (Å²) in [6.45, 7) is 3.88. The summed E-state index contributed by atoms with van der Waals surface area (Å²) < 4.78 is 23.2. The van der Waals surface area contributed by atoms with E-state index in [0.717, 1.165) is 27.8 Å². The van der Waals surface area contributed by atoms with Gasteiger partial charge in [0.25, 0.3) is 0 Å². The number of rotatable bonds is 5. The Morgan fingerprint density at radius 3 is 2.41 bits per heavy atom. The molecule has 0 bridgehead atoms. The van der Waals surface area contributed by atoms with E-state index in [1.165, 1.54) is 6.26 Å². The predicted molar refractivity (Wildman–Crippen MR) is 114 cm³/mol. The zero-order valence-electron chi connectivity index (χ0n) is 16.2. The van der Waals surface area contributed by atoms with Crippen molar-refractivity contribution in [2.45, 2.75) is 18.7 Å². The first-order chi connectivity index (χ1) is 13.8. The van der Waals surface area contributed by atoms with Crippen LogP contribution in [0.2, 0.25) is 0 Å². The van der Waals surface area contributed by atoms with Gasteiger partial charge in [-0.2, -0.15) is 10.1 Å². The minimum atomic E-state index is -3.23. The summed E-state index contributed by atoms with van der Waals surface area (Å²) in [6, 6.07) is 12.4. The van der Waals surface area contributed by atoms with Gasteiger partial charge in [-0.3, -0.25) is 5.10 Å². The van der Waals surface area contributed by atoms with Gasteiger partial charge in [-0.25, -0.2) is 13.4 Å². The van der Waals surface area contributed by atoms with Crippen LogP contribution in [0, 0.1) is 13.8 Å². The molecule has 0 unspecified atom stereocenters. The van der Waals surface area contributed by atoms with Crippen LogP contribution in [0.15, 0.2) is 53.6 Å². The minimum Gasteiger partial charge on any atom is -0.340 e. The second kappa shape index (κ2) is 7.17. The van der Waals surface area contributed by atoms with Crippen molar-refractivity contribution < 1.29 is 8.42 Å². The lowest BCUT2D eigenvalue weighted by Gasteiger charge is -2.11. The fourth-order valence-electron chi connectivity index (χ4n) is 2.91. The minimum absolute atomic E-state index is 0.264. The highest BCUT2D eigenvalue weighted by Gasteiger charge is 2.09. The fraction of sp³-hybridized carbons (Fsp3) is 0.150. The normalized spacial score (nSPS) is 11.6. The maximum atomic E-state index is 11.6. The number of nitrogens with zero attached hydrogens (tertiary/aromatic N) is 3. The van der Waals surface area contributed by atoms with Crippen molar-refractivity contribution >= 4 is 43.9 Å². The molecule has 0 saturated heterocycles. The summed E-state index contributed by atoms with van der Waals surface area (Å²) in [5.74, 6) is 1.08. The van der Waals surface area contributed by atoms with Crippen LogP contribution >= 0.6 is 0 Å². The maximum Gasteiger partial charge on any atom is 0.229 e. The molecule has 4 rings (SSSR count). The van der Waals surface area contributed by atoms with Crippen molar-refractivity contribution in [2.75, 3.05) is 16.9 Å². The summed E-state index contributed by atoms with van der Waals surface area (Å²) in [4.78, 5) is 9.11. The van der Waals surface area contributed by atoms with Gasteiger partial charge in [0.2, 0.25) is 5.95 Å². The Balaban J connectivity index is 1.56. The van der Waals surface area contributed by atoms with E-state index in [9.17, 15) is 8.42 Å². The monoisotopic (exact) mass is 408 g/mol.